The second-order valence-corrected chi connectivity index (χ2v) is 8.19. The van der Waals surface area contributed by atoms with Crippen LogP contribution in [0.4, 0.5) is 4.39 Å². The highest BCUT2D eigenvalue weighted by molar-refractivity contribution is 6.46. The number of ether oxygens (including phenoxy) is 1. The van der Waals surface area contributed by atoms with Gasteiger partial charge in [-0.25, -0.2) is 4.39 Å². The van der Waals surface area contributed by atoms with E-state index in [9.17, 15) is 19.1 Å². The highest BCUT2D eigenvalue weighted by Crippen LogP contribution is 2.40. The molecule has 0 bridgehead atoms. The fourth-order valence-corrected chi connectivity index (χ4v) is 4.04. The molecule has 1 atom stereocenters. The first kappa shape index (κ1) is 23.2. The number of hydrogen-bond donors (Lipinski definition) is 1. The zero-order chi connectivity index (χ0) is 24.1. The first-order chi connectivity index (χ1) is 16.5. The lowest BCUT2D eigenvalue weighted by atomic mass is 9.95. The van der Waals surface area contributed by atoms with Crippen LogP contribution in [0.25, 0.3) is 5.76 Å². The summed E-state index contributed by atoms with van der Waals surface area (Å²) in [6.45, 7) is 2.78. The van der Waals surface area contributed by atoms with Crippen molar-refractivity contribution < 1.29 is 23.8 Å². The summed E-state index contributed by atoms with van der Waals surface area (Å²) in [6, 6.07) is 20.9. The number of carbonyl (C=O) groups is 2. The van der Waals surface area contributed by atoms with E-state index in [0.29, 0.717) is 23.5 Å². The molecule has 0 spiro atoms. The van der Waals surface area contributed by atoms with Gasteiger partial charge in [0.05, 0.1) is 18.2 Å². The van der Waals surface area contributed by atoms with E-state index in [1.807, 2.05) is 30.3 Å². The van der Waals surface area contributed by atoms with E-state index in [1.165, 1.54) is 29.2 Å². The van der Waals surface area contributed by atoms with Crippen LogP contribution in [0.3, 0.4) is 0 Å². The van der Waals surface area contributed by atoms with Crippen molar-refractivity contribution in [3.05, 3.63) is 107 Å². The fourth-order valence-electron chi connectivity index (χ4n) is 4.04. The summed E-state index contributed by atoms with van der Waals surface area (Å²) >= 11 is 0. The Morgan fingerprint density at radius 2 is 1.74 bits per heavy atom. The number of nitrogens with zero attached hydrogens (tertiary/aromatic N) is 1. The molecule has 174 valence electrons. The van der Waals surface area contributed by atoms with Crippen LogP contribution < -0.4 is 4.74 Å². The molecule has 0 saturated carbocycles. The SMILES string of the molecule is CCCCOc1cccc(C(O)=C2C(=O)C(=O)N(Cc3ccccc3)C2c2ccc(F)cc2)c1. The van der Waals surface area contributed by atoms with Gasteiger partial charge in [0.25, 0.3) is 11.7 Å². The van der Waals surface area contributed by atoms with E-state index in [4.69, 9.17) is 4.74 Å². The number of hydrogen-bond acceptors (Lipinski definition) is 4. The number of rotatable bonds is 8. The van der Waals surface area contributed by atoms with E-state index in [2.05, 4.69) is 6.92 Å². The van der Waals surface area contributed by atoms with Crippen molar-refractivity contribution in [2.45, 2.75) is 32.4 Å². The third-order valence-corrected chi connectivity index (χ3v) is 5.80. The standard InChI is InChI=1S/C28H26FNO4/c1-2-3-16-34-23-11-7-10-21(17-23)26(31)24-25(20-12-14-22(29)15-13-20)30(28(33)27(24)32)18-19-8-5-4-6-9-19/h4-15,17,25,31H,2-3,16,18H2,1H3. The molecule has 6 heteroatoms. The number of unbranched alkanes of at least 4 members (excludes halogenated alkanes) is 1. The lowest BCUT2D eigenvalue weighted by Gasteiger charge is -2.25. The quantitative estimate of drug-likeness (QED) is 0.205. The van der Waals surface area contributed by atoms with Crippen LogP contribution in [0.2, 0.25) is 0 Å². The van der Waals surface area contributed by atoms with E-state index in [0.717, 1.165) is 18.4 Å². The fraction of sp³-hybridized carbons (Fsp3) is 0.214. The molecule has 1 saturated heterocycles. The highest BCUT2D eigenvalue weighted by atomic mass is 19.1. The second-order valence-electron chi connectivity index (χ2n) is 8.19. The maximum atomic E-state index is 13.6. The molecule has 3 aromatic carbocycles. The molecule has 0 radical (unpaired) electrons. The maximum absolute atomic E-state index is 13.6. The van der Waals surface area contributed by atoms with Gasteiger partial charge in [-0.1, -0.05) is 67.9 Å². The van der Waals surface area contributed by atoms with Gasteiger partial charge < -0.3 is 14.7 Å². The van der Waals surface area contributed by atoms with Crippen LogP contribution in [-0.2, 0) is 16.1 Å². The summed E-state index contributed by atoms with van der Waals surface area (Å²) in [5, 5.41) is 11.2. The smallest absolute Gasteiger partial charge is 0.295 e. The molecule has 5 nitrogen and oxygen atoms in total. The molecule has 1 N–H and O–H groups in total. The van der Waals surface area contributed by atoms with E-state index in [-0.39, 0.29) is 17.9 Å². The summed E-state index contributed by atoms with van der Waals surface area (Å²) in [5.74, 6) is -1.64. The first-order valence-corrected chi connectivity index (χ1v) is 11.3. The van der Waals surface area contributed by atoms with Crippen LogP contribution in [0, 0.1) is 5.82 Å². The third kappa shape index (κ3) is 4.86. The normalized spacial score (nSPS) is 17.2. The Labute approximate surface area is 198 Å². The number of carbonyl (C=O) groups excluding carboxylic acids is 2. The molecular formula is C28H26FNO4. The lowest BCUT2D eigenvalue weighted by Crippen LogP contribution is -2.29. The van der Waals surface area contributed by atoms with E-state index < -0.39 is 23.5 Å². The van der Waals surface area contributed by atoms with Crippen LogP contribution in [0.15, 0.2) is 84.4 Å². The van der Waals surface area contributed by atoms with E-state index >= 15 is 0 Å². The number of halogens is 1. The van der Waals surface area contributed by atoms with Gasteiger partial charge in [0, 0.05) is 12.1 Å². The van der Waals surface area contributed by atoms with Crippen molar-refractivity contribution in [1.82, 2.24) is 4.90 Å². The summed E-state index contributed by atoms with van der Waals surface area (Å²) in [6.07, 6.45) is 1.88. The molecule has 1 amide bonds. The van der Waals surface area contributed by atoms with Crippen LogP contribution in [-0.4, -0.2) is 28.3 Å². The van der Waals surface area contributed by atoms with Crippen LogP contribution in [0.5, 0.6) is 5.75 Å². The van der Waals surface area contributed by atoms with Crippen molar-refractivity contribution in [2.75, 3.05) is 6.61 Å². The molecule has 1 heterocycles. The van der Waals surface area contributed by atoms with Crippen molar-refractivity contribution in [2.24, 2.45) is 0 Å². The zero-order valence-electron chi connectivity index (χ0n) is 18.9. The first-order valence-electron chi connectivity index (χ1n) is 11.3. The minimum absolute atomic E-state index is 0.0294. The van der Waals surface area contributed by atoms with Crippen LogP contribution in [0.1, 0.15) is 42.5 Å². The predicted molar refractivity (Wildman–Crippen MR) is 128 cm³/mol. The second kappa shape index (κ2) is 10.3. The average molecular weight is 460 g/mol. The number of aliphatic hydroxyl groups excluding tert-OH is 1. The third-order valence-electron chi connectivity index (χ3n) is 5.80. The van der Waals surface area contributed by atoms with Crippen molar-refractivity contribution in [3.63, 3.8) is 0 Å². The van der Waals surface area contributed by atoms with Gasteiger partial charge in [0.1, 0.15) is 17.3 Å². The summed E-state index contributed by atoms with van der Waals surface area (Å²) in [7, 11) is 0. The van der Waals surface area contributed by atoms with Gasteiger partial charge in [-0.2, -0.15) is 0 Å². The largest absolute Gasteiger partial charge is 0.507 e. The van der Waals surface area contributed by atoms with Gasteiger partial charge >= 0.3 is 0 Å². The Balaban J connectivity index is 1.78. The van der Waals surface area contributed by atoms with Gasteiger partial charge in [0.15, 0.2) is 0 Å². The average Bonchev–Trinajstić information content (AvgIpc) is 3.10. The zero-order valence-corrected chi connectivity index (χ0v) is 18.9. The van der Waals surface area contributed by atoms with Crippen molar-refractivity contribution >= 4 is 17.4 Å². The molecule has 1 fully saturated rings. The highest BCUT2D eigenvalue weighted by Gasteiger charge is 2.46. The molecule has 1 aliphatic rings. The Kier molecular flexibility index (Phi) is 7.07. The van der Waals surface area contributed by atoms with Gasteiger partial charge in [-0.05, 0) is 41.8 Å². The minimum atomic E-state index is -0.856. The predicted octanol–water partition coefficient (Wildman–Crippen LogP) is 5.63. The lowest BCUT2D eigenvalue weighted by molar-refractivity contribution is -0.140. The molecule has 34 heavy (non-hydrogen) atoms. The molecule has 1 aliphatic heterocycles. The molecule has 0 aliphatic carbocycles. The maximum Gasteiger partial charge on any atom is 0.295 e. The molecular weight excluding hydrogens is 433 g/mol. The Hall–Kier alpha value is -3.93. The van der Waals surface area contributed by atoms with Crippen molar-refractivity contribution in [1.29, 1.82) is 0 Å². The summed E-state index contributed by atoms with van der Waals surface area (Å²) < 4.78 is 19.4. The number of ketones is 1. The topological polar surface area (TPSA) is 66.8 Å². The monoisotopic (exact) mass is 459 g/mol. The summed E-state index contributed by atoms with van der Waals surface area (Å²) in [5.41, 5.74) is 1.72. The van der Waals surface area contributed by atoms with Gasteiger partial charge in [-0.3, -0.25) is 9.59 Å². The number of amides is 1. The molecule has 0 aromatic heterocycles. The molecule has 1 unspecified atom stereocenters. The minimum Gasteiger partial charge on any atom is -0.507 e. The van der Waals surface area contributed by atoms with Gasteiger partial charge in [0.2, 0.25) is 0 Å². The number of benzene rings is 3. The summed E-state index contributed by atoms with van der Waals surface area (Å²) in [4.78, 5) is 27.6. The molecule has 4 rings (SSSR count). The number of aliphatic hydroxyl groups is 1. The number of Topliss-reactive ketones (excluding diaryl/α,β-unsaturated/α-hetero) is 1. The molecule has 3 aromatic rings. The van der Waals surface area contributed by atoms with Gasteiger partial charge in [-0.15, -0.1) is 0 Å². The van der Waals surface area contributed by atoms with Crippen molar-refractivity contribution in [3.8, 4) is 5.75 Å². The Morgan fingerprint density at radius 1 is 1.00 bits per heavy atom. The van der Waals surface area contributed by atoms with E-state index in [1.54, 1.807) is 24.3 Å². The number of likely N-dealkylation sites (tertiary alicyclic amines) is 1. The Bertz CT molecular complexity index is 1200. The van der Waals surface area contributed by atoms with Crippen LogP contribution >= 0.6 is 0 Å². The Morgan fingerprint density at radius 3 is 2.44 bits per heavy atom.